The molecule has 0 amide bonds. The number of ether oxygens (including phenoxy) is 2. The molecule has 8 heteroatoms. The number of halogens is 1. The van der Waals surface area contributed by atoms with Gasteiger partial charge < -0.3 is 19.4 Å². The average molecular weight is 639 g/mol. The Balaban J connectivity index is 1.23. The Labute approximate surface area is 259 Å². The molecule has 43 heavy (non-hydrogen) atoms. The van der Waals surface area contributed by atoms with Crippen molar-refractivity contribution in [1.82, 2.24) is 9.80 Å². The lowest BCUT2D eigenvalue weighted by atomic mass is 9.77. The second kappa shape index (κ2) is 11.0. The van der Waals surface area contributed by atoms with Crippen LogP contribution in [0, 0.1) is 0 Å². The second-order valence-electron chi connectivity index (χ2n) is 11.7. The molecule has 4 aromatic carbocycles. The number of benzene rings is 4. The van der Waals surface area contributed by atoms with Crippen LogP contribution in [-0.2, 0) is 17.9 Å². The summed E-state index contributed by atoms with van der Waals surface area (Å²) in [4.78, 5) is 11.3. The first-order chi connectivity index (χ1) is 21.1. The first kappa shape index (κ1) is 26.8. The number of oxime groups is 1. The van der Waals surface area contributed by atoms with Gasteiger partial charge in [-0.25, -0.2) is 4.90 Å². The van der Waals surface area contributed by atoms with Crippen LogP contribution in [0.15, 0.2) is 94.6 Å². The third-order valence-electron chi connectivity index (χ3n) is 9.06. The number of phenols is 1. The van der Waals surface area contributed by atoms with E-state index in [1.807, 2.05) is 42.5 Å². The fourth-order valence-corrected chi connectivity index (χ4v) is 7.45. The quantitative estimate of drug-likeness (QED) is 0.247. The molecule has 7 nitrogen and oxygen atoms in total. The molecule has 8 rings (SSSR count). The zero-order valence-corrected chi connectivity index (χ0v) is 25.2. The first-order valence-electron chi connectivity index (χ1n) is 14.9. The second-order valence-corrected chi connectivity index (χ2v) is 12.6. The minimum absolute atomic E-state index is 0.128. The van der Waals surface area contributed by atoms with Gasteiger partial charge in [0.1, 0.15) is 5.75 Å². The predicted molar refractivity (Wildman–Crippen MR) is 167 cm³/mol. The lowest BCUT2D eigenvalue weighted by Gasteiger charge is -2.43. The van der Waals surface area contributed by atoms with Crippen molar-refractivity contribution >= 4 is 21.6 Å². The van der Waals surface area contributed by atoms with Gasteiger partial charge in [-0.2, -0.15) is 0 Å². The highest BCUT2D eigenvalue weighted by Gasteiger charge is 2.49. The van der Waals surface area contributed by atoms with E-state index in [2.05, 4.69) is 62.1 Å². The monoisotopic (exact) mass is 637 g/mol. The van der Waals surface area contributed by atoms with Gasteiger partial charge in [0.15, 0.2) is 17.7 Å². The molecule has 3 atom stereocenters. The van der Waals surface area contributed by atoms with E-state index >= 15 is 0 Å². The minimum atomic E-state index is -0.348. The highest BCUT2D eigenvalue weighted by atomic mass is 79.9. The van der Waals surface area contributed by atoms with Gasteiger partial charge in [0.25, 0.3) is 0 Å². The number of hydrogen-bond donors (Lipinski definition) is 1. The van der Waals surface area contributed by atoms with Gasteiger partial charge in [0, 0.05) is 23.1 Å². The highest BCUT2D eigenvalue weighted by molar-refractivity contribution is 9.10. The van der Waals surface area contributed by atoms with Crippen LogP contribution in [0.3, 0.4) is 0 Å². The molecule has 4 heterocycles. The molecule has 1 saturated heterocycles. The Kier molecular flexibility index (Phi) is 6.85. The largest absolute Gasteiger partial charge is 0.508 e. The number of aromatic hydroxyl groups is 1. The van der Waals surface area contributed by atoms with Gasteiger partial charge >= 0.3 is 0 Å². The SMILES string of the molecule is Oc1ccc2c(c1)[C@@H](c1ccc(CN3CCCC3)cc1)N(Cc1cc3c(cc1Br)OCO3)[C@@H]1ON=C(c3ccccc3)[C@H]21. The number of phenolic OH excluding ortho intramolecular Hbond substituents is 1. The zero-order chi connectivity index (χ0) is 28.9. The summed E-state index contributed by atoms with van der Waals surface area (Å²) < 4.78 is 12.3. The van der Waals surface area contributed by atoms with Gasteiger partial charge in [-0.3, -0.25) is 4.90 Å². The van der Waals surface area contributed by atoms with Crippen LogP contribution in [0.25, 0.3) is 0 Å². The van der Waals surface area contributed by atoms with Crippen molar-refractivity contribution in [2.75, 3.05) is 19.9 Å². The third kappa shape index (κ3) is 4.87. The van der Waals surface area contributed by atoms with E-state index in [-0.39, 0.29) is 30.7 Å². The molecule has 0 aliphatic carbocycles. The molecule has 0 aromatic heterocycles. The van der Waals surface area contributed by atoms with Crippen molar-refractivity contribution in [3.63, 3.8) is 0 Å². The zero-order valence-electron chi connectivity index (χ0n) is 23.7. The molecular formula is C35H32BrN3O4. The minimum Gasteiger partial charge on any atom is -0.508 e. The fourth-order valence-electron chi connectivity index (χ4n) is 7.00. The molecule has 0 spiro atoms. The Bertz CT molecular complexity index is 1690. The smallest absolute Gasteiger partial charge is 0.231 e. The van der Waals surface area contributed by atoms with Crippen LogP contribution < -0.4 is 9.47 Å². The lowest BCUT2D eigenvalue weighted by Crippen LogP contribution is -2.47. The van der Waals surface area contributed by atoms with E-state index in [1.54, 1.807) is 6.07 Å². The maximum Gasteiger partial charge on any atom is 0.231 e. The molecule has 0 radical (unpaired) electrons. The highest BCUT2D eigenvalue weighted by Crippen LogP contribution is 2.50. The number of hydrogen-bond acceptors (Lipinski definition) is 7. The Hall–Kier alpha value is -3.85. The summed E-state index contributed by atoms with van der Waals surface area (Å²) in [5, 5.41) is 15.5. The maximum atomic E-state index is 10.8. The van der Waals surface area contributed by atoms with Crippen LogP contribution in [0.1, 0.15) is 58.2 Å². The number of rotatable bonds is 6. The third-order valence-corrected chi connectivity index (χ3v) is 9.80. The Morgan fingerprint density at radius 2 is 1.60 bits per heavy atom. The molecule has 0 saturated carbocycles. The molecule has 4 aliphatic heterocycles. The number of likely N-dealkylation sites (tertiary alicyclic amines) is 1. The number of nitrogens with zero attached hydrogens (tertiary/aromatic N) is 3. The summed E-state index contributed by atoms with van der Waals surface area (Å²) in [7, 11) is 0. The van der Waals surface area contributed by atoms with Crippen molar-refractivity contribution in [1.29, 1.82) is 0 Å². The van der Waals surface area contributed by atoms with Crippen molar-refractivity contribution < 1.29 is 19.4 Å². The first-order valence-corrected chi connectivity index (χ1v) is 15.7. The van der Waals surface area contributed by atoms with Gasteiger partial charge in [-0.1, -0.05) is 81.7 Å². The van der Waals surface area contributed by atoms with Crippen LogP contribution >= 0.6 is 15.9 Å². The summed E-state index contributed by atoms with van der Waals surface area (Å²) in [6, 6.07) is 28.8. The molecule has 1 N–H and O–H groups in total. The van der Waals surface area contributed by atoms with Crippen LogP contribution in [-0.4, -0.2) is 46.7 Å². The fraction of sp³-hybridized carbons (Fsp3) is 0.286. The summed E-state index contributed by atoms with van der Waals surface area (Å²) in [6.07, 6.45) is 2.21. The van der Waals surface area contributed by atoms with E-state index in [4.69, 9.17) is 19.5 Å². The summed E-state index contributed by atoms with van der Waals surface area (Å²) in [5.41, 5.74) is 7.61. The van der Waals surface area contributed by atoms with E-state index < -0.39 is 0 Å². The maximum absolute atomic E-state index is 10.8. The molecule has 0 bridgehead atoms. The molecular weight excluding hydrogens is 606 g/mol. The van der Waals surface area contributed by atoms with Gasteiger partial charge in [0.05, 0.1) is 17.7 Å². The molecule has 218 valence electrons. The van der Waals surface area contributed by atoms with Crippen molar-refractivity contribution in [3.8, 4) is 17.2 Å². The Morgan fingerprint density at radius 1 is 0.837 bits per heavy atom. The average Bonchev–Trinajstić information content (AvgIpc) is 3.80. The number of fused-ring (bicyclic) bond motifs is 4. The van der Waals surface area contributed by atoms with Crippen LogP contribution in [0.4, 0.5) is 0 Å². The van der Waals surface area contributed by atoms with E-state index in [9.17, 15) is 5.11 Å². The molecule has 0 unspecified atom stereocenters. The molecule has 4 aliphatic rings. The Morgan fingerprint density at radius 3 is 2.40 bits per heavy atom. The van der Waals surface area contributed by atoms with Crippen LogP contribution in [0.5, 0.6) is 17.2 Å². The lowest BCUT2D eigenvalue weighted by molar-refractivity contribution is -0.0734. The predicted octanol–water partition coefficient (Wildman–Crippen LogP) is 6.93. The van der Waals surface area contributed by atoms with Crippen molar-refractivity contribution in [2.45, 2.75) is 44.1 Å². The summed E-state index contributed by atoms with van der Waals surface area (Å²) in [6.45, 7) is 4.08. The molecule has 4 aromatic rings. The summed E-state index contributed by atoms with van der Waals surface area (Å²) in [5.74, 6) is 1.59. The standard InChI is InChI=1S/C35H32BrN3O4/c36-29-18-31-30(41-21-42-31)16-25(29)20-39-34(24-10-8-22(9-11-24)19-38-14-4-5-15-38)28-17-26(40)12-13-27(28)32-33(37-43-35(32)39)23-6-2-1-3-7-23/h1-3,6-13,16-18,32,34-35,40H,4-5,14-15,19-21H2/t32-,34+,35+/m0/s1. The van der Waals surface area contributed by atoms with Crippen molar-refractivity contribution in [3.05, 3.63) is 123 Å². The van der Waals surface area contributed by atoms with E-state index in [0.29, 0.717) is 6.54 Å². The van der Waals surface area contributed by atoms with Gasteiger partial charge in [0.2, 0.25) is 6.79 Å². The molecule has 1 fully saturated rings. The van der Waals surface area contributed by atoms with E-state index in [0.717, 1.165) is 56.0 Å². The normalized spacial score (nSPS) is 22.6. The van der Waals surface area contributed by atoms with Gasteiger partial charge in [-0.15, -0.1) is 0 Å². The van der Waals surface area contributed by atoms with E-state index in [1.165, 1.54) is 31.5 Å². The summed E-state index contributed by atoms with van der Waals surface area (Å²) >= 11 is 3.79. The van der Waals surface area contributed by atoms with Gasteiger partial charge in [-0.05, 0) is 78.0 Å². The van der Waals surface area contributed by atoms with Crippen molar-refractivity contribution in [2.24, 2.45) is 5.16 Å². The van der Waals surface area contributed by atoms with Crippen LogP contribution in [0.2, 0.25) is 0 Å². The topological polar surface area (TPSA) is 66.8 Å².